The van der Waals surface area contributed by atoms with Crippen LogP contribution in [0.4, 0.5) is 0 Å². The number of hydrogen-bond acceptors (Lipinski definition) is 0. The minimum Gasteiger partial charge on any atom is -0.309 e. The highest BCUT2D eigenvalue weighted by atomic mass is 15.0. The maximum Gasteiger partial charge on any atom is 0.0541 e. The Balaban J connectivity index is 1.01. The molecule has 1 aromatic heterocycles. The van der Waals surface area contributed by atoms with Gasteiger partial charge in [0.1, 0.15) is 0 Å². The zero-order valence-corrected chi connectivity index (χ0v) is 30.7. The quantitative estimate of drug-likeness (QED) is 0.146. The molecule has 1 heteroatoms. The average molecular weight is 702 g/mol. The first kappa shape index (κ1) is 32.7. The number of rotatable bonds is 7. The summed E-state index contributed by atoms with van der Waals surface area (Å²) in [5, 5.41) is 5.07. The van der Waals surface area contributed by atoms with Gasteiger partial charge in [-0.3, -0.25) is 0 Å². The van der Waals surface area contributed by atoms with Gasteiger partial charge in [0.15, 0.2) is 0 Å². The lowest BCUT2D eigenvalue weighted by Gasteiger charge is -2.32. The standard InChI is InChI=1S/C54H39N/c1-54(46-29-21-40(22-30-46)38-11-3-2-4-12-38,48-33-25-43(26-34-48)45-20-19-39-13-5-6-14-44(39)37-45)47-31-23-41(24-32-47)42-27-35-49(36-28-42)55-52-17-9-7-15-50(52)51-16-8-10-18-53(51)55/h2-37H,1H3. The summed E-state index contributed by atoms with van der Waals surface area (Å²) in [6, 6.07) is 79.8. The Bertz CT molecular complexity index is 2880. The lowest BCUT2D eigenvalue weighted by Crippen LogP contribution is -2.25. The molecular weight excluding hydrogens is 663 g/mol. The Morgan fingerprint density at radius 2 is 0.691 bits per heavy atom. The van der Waals surface area contributed by atoms with Crippen molar-refractivity contribution in [1.29, 1.82) is 0 Å². The van der Waals surface area contributed by atoms with Crippen LogP contribution in [0, 0.1) is 0 Å². The van der Waals surface area contributed by atoms with Crippen molar-refractivity contribution in [2.75, 3.05) is 0 Å². The van der Waals surface area contributed by atoms with Gasteiger partial charge in [0.25, 0.3) is 0 Å². The molecule has 0 N–H and O–H groups in total. The summed E-state index contributed by atoms with van der Waals surface area (Å²) in [7, 11) is 0. The number of nitrogens with zero attached hydrogens (tertiary/aromatic N) is 1. The Morgan fingerprint density at radius 1 is 0.309 bits per heavy atom. The summed E-state index contributed by atoms with van der Waals surface area (Å²) in [5.74, 6) is 0. The SMILES string of the molecule is CC(c1ccc(-c2ccccc2)cc1)(c1ccc(-c2ccc(-n3c4ccccc4c4ccccc43)cc2)cc1)c1ccc(-c2ccc3ccccc3c2)cc1. The highest BCUT2D eigenvalue weighted by molar-refractivity contribution is 6.09. The van der Waals surface area contributed by atoms with E-state index >= 15 is 0 Å². The zero-order chi connectivity index (χ0) is 36.8. The minimum absolute atomic E-state index is 0.379. The summed E-state index contributed by atoms with van der Waals surface area (Å²) < 4.78 is 2.37. The van der Waals surface area contributed by atoms with E-state index in [9.17, 15) is 0 Å². The molecule has 0 spiro atoms. The van der Waals surface area contributed by atoms with E-state index in [0.717, 1.165) is 5.69 Å². The van der Waals surface area contributed by atoms with Gasteiger partial charge in [-0.05, 0) is 98.1 Å². The summed E-state index contributed by atoms with van der Waals surface area (Å²) >= 11 is 0. The molecule has 260 valence electrons. The fraction of sp³-hybridized carbons (Fsp3) is 0.0370. The predicted octanol–water partition coefficient (Wildman–Crippen LogP) is 14.3. The van der Waals surface area contributed by atoms with Gasteiger partial charge >= 0.3 is 0 Å². The van der Waals surface area contributed by atoms with Crippen molar-refractivity contribution < 1.29 is 0 Å². The van der Waals surface area contributed by atoms with Crippen molar-refractivity contribution in [1.82, 2.24) is 4.57 Å². The second-order valence-corrected chi connectivity index (χ2v) is 14.7. The van der Waals surface area contributed by atoms with Gasteiger partial charge in [0.2, 0.25) is 0 Å². The van der Waals surface area contributed by atoms with Crippen LogP contribution in [0.15, 0.2) is 218 Å². The highest BCUT2D eigenvalue weighted by Gasteiger charge is 2.31. The molecule has 10 aromatic rings. The van der Waals surface area contributed by atoms with Gasteiger partial charge in [-0.15, -0.1) is 0 Å². The molecule has 9 aromatic carbocycles. The summed E-state index contributed by atoms with van der Waals surface area (Å²) in [5.41, 5.74) is 14.3. The van der Waals surface area contributed by atoms with E-state index in [0.29, 0.717) is 0 Å². The maximum atomic E-state index is 2.37. The molecule has 0 saturated carbocycles. The van der Waals surface area contributed by atoms with Crippen molar-refractivity contribution in [3.63, 3.8) is 0 Å². The maximum absolute atomic E-state index is 2.37. The summed E-state index contributed by atoms with van der Waals surface area (Å²) in [6.07, 6.45) is 0. The van der Waals surface area contributed by atoms with Gasteiger partial charge in [0, 0.05) is 21.9 Å². The van der Waals surface area contributed by atoms with Crippen LogP contribution in [0.5, 0.6) is 0 Å². The van der Waals surface area contributed by atoms with E-state index in [2.05, 4.69) is 230 Å². The third-order valence-corrected chi connectivity index (χ3v) is 11.6. The predicted molar refractivity (Wildman–Crippen MR) is 233 cm³/mol. The largest absolute Gasteiger partial charge is 0.309 e. The molecule has 0 radical (unpaired) electrons. The first-order chi connectivity index (χ1) is 27.1. The molecule has 0 bridgehead atoms. The van der Waals surface area contributed by atoms with Crippen molar-refractivity contribution in [3.05, 3.63) is 235 Å². The Hall–Kier alpha value is -6.96. The van der Waals surface area contributed by atoms with Crippen LogP contribution in [-0.4, -0.2) is 4.57 Å². The second-order valence-electron chi connectivity index (χ2n) is 14.7. The number of benzene rings is 9. The topological polar surface area (TPSA) is 4.93 Å². The average Bonchev–Trinajstić information content (AvgIpc) is 3.61. The van der Waals surface area contributed by atoms with Crippen LogP contribution in [0.2, 0.25) is 0 Å². The van der Waals surface area contributed by atoms with E-state index in [1.807, 2.05) is 0 Å². The van der Waals surface area contributed by atoms with Crippen LogP contribution in [0.3, 0.4) is 0 Å². The molecule has 55 heavy (non-hydrogen) atoms. The third-order valence-electron chi connectivity index (χ3n) is 11.6. The van der Waals surface area contributed by atoms with E-state index in [1.165, 1.54) is 82.6 Å². The molecule has 0 aliphatic carbocycles. The Morgan fingerprint density at radius 3 is 1.22 bits per heavy atom. The van der Waals surface area contributed by atoms with Gasteiger partial charge in [-0.2, -0.15) is 0 Å². The van der Waals surface area contributed by atoms with Gasteiger partial charge in [-0.1, -0.05) is 188 Å². The fourth-order valence-electron chi connectivity index (χ4n) is 8.49. The highest BCUT2D eigenvalue weighted by Crippen LogP contribution is 2.41. The van der Waals surface area contributed by atoms with Crippen molar-refractivity contribution in [2.45, 2.75) is 12.3 Å². The van der Waals surface area contributed by atoms with Crippen molar-refractivity contribution >= 4 is 32.6 Å². The number of aromatic nitrogens is 1. The lowest BCUT2D eigenvalue weighted by molar-refractivity contribution is 0.693. The Labute approximate surface area is 322 Å². The smallest absolute Gasteiger partial charge is 0.0541 e. The molecule has 1 atom stereocenters. The molecule has 0 aliphatic heterocycles. The van der Waals surface area contributed by atoms with Gasteiger partial charge < -0.3 is 4.57 Å². The molecule has 0 aliphatic rings. The van der Waals surface area contributed by atoms with E-state index in [4.69, 9.17) is 0 Å². The molecule has 0 amide bonds. The number of hydrogen-bond donors (Lipinski definition) is 0. The first-order valence-corrected chi connectivity index (χ1v) is 19.1. The van der Waals surface area contributed by atoms with Gasteiger partial charge in [-0.25, -0.2) is 0 Å². The van der Waals surface area contributed by atoms with Crippen LogP contribution >= 0.6 is 0 Å². The molecular formula is C54H39N. The third kappa shape index (κ3) is 5.73. The number of para-hydroxylation sites is 2. The molecule has 1 unspecified atom stereocenters. The van der Waals surface area contributed by atoms with E-state index in [1.54, 1.807) is 0 Å². The van der Waals surface area contributed by atoms with Crippen molar-refractivity contribution in [2.24, 2.45) is 0 Å². The molecule has 10 rings (SSSR count). The normalized spacial score (nSPS) is 12.6. The molecule has 1 heterocycles. The van der Waals surface area contributed by atoms with Crippen LogP contribution < -0.4 is 0 Å². The van der Waals surface area contributed by atoms with E-state index in [-0.39, 0.29) is 5.41 Å². The summed E-state index contributed by atoms with van der Waals surface area (Å²) in [4.78, 5) is 0. The van der Waals surface area contributed by atoms with Gasteiger partial charge in [0.05, 0.1) is 11.0 Å². The number of fused-ring (bicyclic) bond motifs is 4. The zero-order valence-electron chi connectivity index (χ0n) is 30.7. The Kier molecular flexibility index (Phi) is 8.00. The molecule has 1 nitrogen and oxygen atoms in total. The summed E-state index contributed by atoms with van der Waals surface area (Å²) in [6.45, 7) is 2.37. The monoisotopic (exact) mass is 701 g/mol. The van der Waals surface area contributed by atoms with Crippen LogP contribution in [-0.2, 0) is 5.41 Å². The lowest BCUT2D eigenvalue weighted by atomic mass is 9.70. The van der Waals surface area contributed by atoms with Crippen LogP contribution in [0.25, 0.3) is 71.6 Å². The first-order valence-electron chi connectivity index (χ1n) is 19.1. The minimum atomic E-state index is -0.379. The van der Waals surface area contributed by atoms with Crippen LogP contribution in [0.1, 0.15) is 23.6 Å². The van der Waals surface area contributed by atoms with Crippen molar-refractivity contribution in [3.8, 4) is 39.1 Å². The molecule has 0 saturated heterocycles. The fourth-order valence-corrected chi connectivity index (χ4v) is 8.49. The second kappa shape index (κ2) is 13.5. The molecule has 0 fully saturated rings. The van der Waals surface area contributed by atoms with E-state index < -0.39 is 0 Å².